The van der Waals surface area contributed by atoms with Crippen LogP contribution in [-0.2, 0) is 54.7 Å². The molecular weight excluding hydrogens is 771 g/mol. The highest BCUT2D eigenvalue weighted by Gasteiger charge is 2.70. The van der Waals surface area contributed by atoms with Gasteiger partial charge in [0, 0.05) is 19.1 Å². The van der Waals surface area contributed by atoms with Gasteiger partial charge in [0.15, 0.2) is 5.78 Å². The van der Waals surface area contributed by atoms with Crippen LogP contribution in [0.25, 0.3) is 0 Å². The van der Waals surface area contributed by atoms with E-state index >= 15 is 0 Å². The minimum Gasteiger partial charge on any atom is -0.463 e. The lowest BCUT2D eigenvalue weighted by Crippen LogP contribution is -2.67. The maximum atomic E-state index is 14.9. The quantitative estimate of drug-likeness (QED) is 0.123. The molecule has 0 spiro atoms. The van der Waals surface area contributed by atoms with E-state index in [1.807, 2.05) is 36.4 Å². The second-order valence-corrected chi connectivity index (χ2v) is 22.2. The second kappa shape index (κ2) is 17.6. The Balaban J connectivity index is 1.11. The van der Waals surface area contributed by atoms with Crippen molar-refractivity contribution in [3.8, 4) is 0 Å². The minimum atomic E-state index is -3.80. The molecule has 59 heavy (non-hydrogen) atoms. The van der Waals surface area contributed by atoms with Crippen LogP contribution < -0.4 is 4.72 Å². The summed E-state index contributed by atoms with van der Waals surface area (Å²) in [5.74, 6) is -0.871. The van der Waals surface area contributed by atoms with Crippen LogP contribution in [0.1, 0.15) is 118 Å². The molecule has 5 aliphatic rings. The van der Waals surface area contributed by atoms with Gasteiger partial charge in [-0.25, -0.2) is 13.1 Å². The molecule has 0 aromatic heterocycles. The van der Waals surface area contributed by atoms with Crippen LogP contribution in [0.4, 0.5) is 0 Å². The largest absolute Gasteiger partial charge is 0.463 e. The first-order valence-corrected chi connectivity index (χ1v) is 23.7. The molecule has 0 radical (unpaired) electrons. The first-order valence-electron chi connectivity index (χ1n) is 22.0. The summed E-state index contributed by atoms with van der Waals surface area (Å²) < 4.78 is 56.8. The maximum Gasteiger partial charge on any atom is 0.312 e. The topological polar surface area (TPSA) is 144 Å². The highest BCUT2D eigenvalue weighted by molar-refractivity contribution is 7.89. The van der Waals surface area contributed by atoms with E-state index in [1.54, 1.807) is 7.11 Å². The summed E-state index contributed by atoms with van der Waals surface area (Å²) in [4.78, 5) is 41.2. The molecule has 11 nitrogen and oxygen atoms in total. The van der Waals surface area contributed by atoms with Crippen LogP contribution in [0.2, 0.25) is 0 Å². The van der Waals surface area contributed by atoms with Gasteiger partial charge in [-0.15, -0.1) is 0 Å². The Bertz CT molecular complexity index is 1830. The van der Waals surface area contributed by atoms with Crippen LogP contribution in [0.5, 0.6) is 0 Å². The second-order valence-electron chi connectivity index (χ2n) is 20.4. The normalized spacial score (nSPS) is 36.3. The number of ether oxygens (including phenoxy) is 5. The molecule has 0 amide bonds. The summed E-state index contributed by atoms with van der Waals surface area (Å²) in [6.45, 7) is 18.1. The van der Waals surface area contributed by atoms with Crippen molar-refractivity contribution in [1.29, 1.82) is 0 Å². The molecule has 0 aliphatic heterocycles. The van der Waals surface area contributed by atoms with Crippen molar-refractivity contribution in [2.45, 2.75) is 125 Å². The van der Waals surface area contributed by atoms with Crippen molar-refractivity contribution in [2.75, 3.05) is 52.5 Å². The van der Waals surface area contributed by atoms with Gasteiger partial charge in [0.1, 0.15) is 13.2 Å². The summed E-state index contributed by atoms with van der Waals surface area (Å²) in [6, 6.07) is 9.49. The number of methoxy groups -OCH3 is 1. The number of nitrogens with one attached hydrogen (secondary N) is 1. The fourth-order valence-electron chi connectivity index (χ4n) is 12.7. The van der Waals surface area contributed by atoms with Crippen LogP contribution >= 0.6 is 0 Å². The predicted molar refractivity (Wildman–Crippen MR) is 225 cm³/mol. The van der Waals surface area contributed by atoms with Crippen molar-refractivity contribution >= 4 is 27.7 Å². The van der Waals surface area contributed by atoms with E-state index in [9.17, 15) is 22.8 Å². The SMILES string of the molecule is COCCOCCOCCOC(=O)CCS(=O)(=O)N[C@H]1CC[C@]2(C)[C@H]3C(=O)C=C4[C@@H]5C[C@@](C)(C(=O)OCc6ccccc6)CC[C@]5(C)CC[C@@]4(C)[C@]3(C)CC[C@H]2C1(C)C. The number of carbonyl (C=O) groups is 3. The Morgan fingerprint density at radius 2 is 1.46 bits per heavy atom. The lowest BCUT2D eigenvalue weighted by atomic mass is 9.33. The molecule has 5 aliphatic carbocycles. The zero-order valence-electron chi connectivity index (χ0n) is 37.0. The predicted octanol–water partition coefficient (Wildman–Crippen LogP) is 7.61. The molecule has 9 atom stereocenters. The van der Waals surface area contributed by atoms with Crippen LogP contribution in [0.15, 0.2) is 42.0 Å². The van der Waals surface area contributed by atoms with Gasteiger partial charge in [-0.1, -0.05) is 77.4 Å². The molecule has 0 unspecified atom stereocenters. The van der Waals surface area contributed by atoms with Crippen LogP contribution in [0.3, 0.4) is 0 Å². The average molecular weight is 842 g/mol. The summed E-state index contributed by atoms with van der Waals surface area (Å²) in [6.07, 6.45) is 9.31. The molecule has 4 fully saturated rings. The van der Waals surface area contributed by atoms with E-state index in [0.717, 1.165) is 50.5 Å². The van der Waals surface area contributed by atoms with E-state index in [2.05, 4.69) is 53.2 Å². The molecule has 0 bridgehead atoms. The number of hydrogen-bond donors (Lipinski definition) is 1. The van der Waals surface area contributed by atoms with Crippen molar-refractivity contribution in [3.05, 3.63) is 47.5 Å². The third-order valence-corrected chi connectivity index (χ3v) is 17.9. The molecule has 1 aromatic carbocycles. The Morgan fingerprint density at radius 1 is 0.797 bits per heavy atom. The number of fused-ring (bicyclic) bond motifs is 7. The third-order valence-electron chi connectivity index (χ3n) is 16.5. The Kier molecular flexibility index (Phi) is 13.7. The van der Waals surface area contributed by atoms with E-state index in [-0.39, 0.29) is 89.2 Å². The van der Waals surface area contributed by atoms with Crippen molar-refractivity contribution in [2.24, 2.45) is 50.2 Å². The van der Waals surface area contributed by atoms with E-state index in [4.69, 9.17) is 23.7 Å². The number of carbonyl (C=O) groups excluding carboxylic acids is 3. The Morgan fingerprint density at radius 3 is 2.15 bits per heavy atom. The van der Waals surface area contributed by atoms with E-state index in [1.165, 1.54) is 5.57 Å². The highest BCUT2D eigenvalue weighted by Crippen LogP contribution is 2.75. The van der Waals surface area contributed by atoms with E-state index in [0.29, 0.717) is 39.3 Å². The molecule has 4 saturated carbocycles. The minimum absolute atomic E-state index is 0.0113. The standard InChI is InChI=1S/C47H71NO10S/c1-42(2)37-14-18-47(7)40(45(37,5)17-15-38(42)48-59(52,53)29-16-39(50)57-28-27-56-26-25-55-24-23-54-8)36(49)30-34-35-31-44(4,20-19-43(35,3)21-22-46(34,47)6)41(51)58-32-33-12-10-9-11-13-33/h9-13,30,35,37-38,40,48H,14-29,31-32H2,1-8H3/t35-,37-,38-,40+,43+,44-,45-,46+,47+/m0/s1. The molecule has 1 N–H and O–H groups in total. The zero-order chi connectivity index (χ0) is 42.9. The molecule has 0 heterocycles. The van der Waals surface area contributed by atoms with Gasteiger partial charge in [-0.05, 0) is 115 Å². The Labute approximate surface area is 353 Å². The smallest absolute Gasteiger partial charge is 0.312 e. The first-order chi connectivity index (χ1) is 27.7. The van der Waals surface area contributed by atoms with Crippen molar-refractivity contribution in [1.82, 2.24) is 4.72 Å². The van der Waals surface area contributed by atoms with Gasteiger partial charge >= 0.3 is 11.9 Å². The summed E-state index contributed by atoms with van der Waals surface area (Å²) >= 11 is 0. The molecule has 0 saturated heterocycles. The fourth-order valence-corrected chi connectivity index (χ4v) is 14.1. The number of rotatable bonds is 17. The average Bonchev–Trinajstić information content (AvgIpc) is 3.18. The molecule has 6 rings (SSSR count). The van der Waals surface area contributed by atoms with Gasteiger partial charge in [0.25, 0.3) is 0 Å². The summed E-state index contributed by atoms with van der Waals surface area (Å²) in [5, 5.41) is 0. The number of allylic oxidation sites excluding steroid dienone is 2. The molecule has 12 heteroatoms. The third kappa shape index (κ3) is 9.00. The van der Waals surface area contributed by atoms with Crippen LogP contribution in [0, 0.1) is 50.2 Å². The van der Waals surface area contributed by atoms with E-state index < -0.39 is 26.8 Å². The first kappa shape index (κ1) is 45.9. The number of sulfonamides is 1. The van der Waals surface area contributed by atoms with Gasteiger partial charge in [-0.2, -0.15) is 0 Å². The van der Waals surface area contributed by atoms with Crippen molar-refractivity contribution < 1.29 is 46.5 Å². The number of ketones is 1. The van der Waals surface area contributed by atoms with Gasteiger partial charge < -0.3 is 23.7 Å². The maximum absolute atomic E-state index is 14.9. The summed E-state index contributed by atoms with van der Waals surface area (Å²) in [7, 11) is -2.19. The number of benzene rings is 1. The molecular formula is C47H71NO10S. The van der Waals surface area contributed by atoms with Crippen LogP contribution in [-0.4, -0.2) is 84.7 Å². The van der Waals surface area contributed by atoms with Crippen molar-refractivity contribution in [3.63, 3.8) is 0 Å². The molecule has 1 aromatic rings. The number of esters is 2. The highest BCUT2D eigenvalue weighted by atomic mass is 32.2. The summed E-state index contributed by atoms with van der Waals surface area (Å²) in [5.41, 5.74) is 0.339. The zero-order valence-corrected chi connectivity index (χ0v) is 37.8. The fraction of sp³-hybridized carbons (Fsp3) is 0.766. The van der Waals surface area contributed by atoms with Gasteiger partial charge in [-0.3, -0.25) is 14.4 Å². The number of hydrogen-bond acceptors (Lipinski definition) is 10. The van der Waals surface area contributed by atoms with Gasteiger partial charge in [0.2, 0.25) is 10.0 Å². The van der Waals surface area contributed by atoms with Gasteiger partial charge in [0.05, 0.1) is 50.6 Å². The lowest BCUT2D eigenvalue weighted by Gasteiger charge is -2.70. The molecule has 330 valence electrons. The lowest BCUT2D eigenvalue weighted by molar-refractivity contribution is -0.189. The Hall–Kier alpha value is -2.64. The monoisotopic (exact) mass is 841 g/mol.